The molecule has 0 unspecified atom stereocenters. The van der Waals surface area contributed by atoms with Crippen molar-refractivity contribution in [2.24, 2.45) is 0 Å². The topological polar surface area (TPSA) is 117 Å². The molecule has 2 aliphatic heterocycles. The molecule has 2 aromatic heterocycles. The van der Waals surface area contributed by atoms with Gasteiger partial charge in [-0.1, -0.05) is 0 Å². The summed E-state index contributed by atoms with van der Waals surface area (Å²) in [4.78, 5) is 22.7. The molecule has 2 aromatic rings. The monoisotopic (exact) mass is 544 g/mol. The van der Waals surface area contributed by atoms with Gasteiger partial charge in [0.25, 0.3) is 0 Å². The second kappa shape index (κ2) is 13.0. The summed E-state index contributed by atoms with van der Waals surface area (Å²) in [6.07, 6.45) is -4.05. The summed E-state index contributed by atoms with van der Waals surface area (Å²) in [6, 6.07) is 8.87. The molecular weight excluding hydrogens is 518 g/mol. The SMILES string of the molecule is CN(Cc1ccco1)[C@@H]1CN(Cc2ccco2)[C@@H]2CCCO[C@H]12.O=C(O)C(F)(F)F.O=C(O)C(F)(F)F. The van der Waals surface area contributed by atoms with Crippen molar-refractivity contribution in [3.63, 3.8) is 0 Å². The van der Waals surface area contributed by atoms with Crippen LogP contribution in [-0.2, 0) is 27.4 Å². The first-order valence-corrected chi connectivity index (χ1v) is 10.9. The Bertz CT molecular complexity index is 939. The fraction of sp³-hybridized carbons (Fsp3) is 0.545. The number of ether oxygens (including phenoxy) is 1. The zero-order valence-corrected chi connectivity index (χ0v) is 19.5. The Kier molecular flexibility index (Phi) is 10.6. The van der Waals surface area contributed by atoms with Crippen LogP contribution >= 0.6 is 0 Å². The van der Waals surface area contributed by atoms with E-state index in [0.717, 1.165) is 44.2 Å². The van der Waals surface area contributed by atoms with Crippen LogP contribution in [0.2, 0.25) is 0 Å². The molecular formula is C22H26F6N2O7. The number of carbonyl (C=O) groups is 2. The maximum atomic E-state index is 10.6. The lowest BCUT2D eigenvalue weighted by molar-refractivity contribution is -0.193. The van der Waals surface area contributed by atoms with E-state index in [1.807, 2.05) is 18.2 Å². The molecule has 0 aliphatic carbocycles. The number of alkyl halides is 6. The average molecular weight is 544 g/mol. The number of carboxylic acid groups (broad SMARTS) is 2. The quantitative estimate of drug-likeness (QED) is 0.539. The third kappa shape index (κ3) is 9.40. The van der Waals surface area contributed by atoms with Crippen molar-refractivity contribution in [3.05, 3.63) is 48.3 Å². The second-order valence-corrected chi connectivity index (χ2v) is 8.22. The van der Waals surface area contributed by atoms with E-state index in [0.29, 0.717) is 12.1 Å². The van der Waals surface area contributed by atoms with Crippen molar-refractivity contribution in [2.75, 3.05) is 20.2 Å². The standard InChI is InChI=1S/C18H24N2O3.2C2HF3O2/c1-19(11-14-5-2-8-21-14)17-13-20(12-15-6-3-9-22-15)16-7-4-10-23-18(16)17;2*3-2(4,5)1(6)7/h2-3,5-6,8-9,16-18H,4,7,10-13H2,1H3;2*(H,6,7)/t16-,17-,18+;;/m1../s1. The van der Waals surface area contributed by atoms with Gasteiger partial charge in [-0.2, -0.15) is 26.3 Å². The summed E-state index contributed by atoms with van der Waals surface area (Å²) in [6.45, 7) is 3.57. The Morgan fingerprint density at radius 3 is 1.97 bits per heavy atom. The number of aliphatic carboxylic acids is 2. The molecule has 0 spiro atoms. The number of furan rings is 2. The molecule has 37 heavy (non-hydrogen) atoms. The van der Waals surface area contributed by atoms with Gasteiger partial charge in [-0.25, -0.2) is 9.59 Å². The normalized spacial score (nSPS) is 21.9. The zero-order chi connectivity index (χ0) is 27.8. The maximum Gasteiger partial charge on any atom is 0.490 e. The third-order valence-electron chi connectivity index (χ3n) is 5.58. The molecule has 2 fully saturated rings. The van der Waals surface area contributed by atoms with Crippen LogP contribution in [0.15, 0.2) is 45.6 Å². The molecule has 0 saturated carbocycles. The van der Waals surface area contributed by atoms with Crippen molar-refractivity contribution in [1.29, 1.82) is 0 Å². The largest absolute Gasteiger partial charge is 0.490 e. The fourth-order valence-electron chi connectivity index (χ4n) is 3.96. The molecule has 15 heteroatoms. The highest BCUT2D eigenvalue weighted by Crippen LogP contribution is 2.33. The lowest BCUT2D eigenvalue weighted by atomic mass is 10.00. The second-order valence-electron chi connectivity index (χ2n) is 8.22. The molecule has 2 saturated heterocycles. The summed E-state index contributed by atoms with van der Waals surface area (Å²) in [5.74, 6) is -3.48. The summed E-state index contributed by atoms with van der Waals surface area (Å²) < 4.78 is 80.7. The molecule has 0 amide bonds. The van der Waals surface area contributed by atoms with Gasteiger partial charge in [-0.05, 0) is 44.2 Å². The minimum atomic E-state index is -5.08. The Morgan fingerprint density at radius 1 is 1.00 bits per heavy atom. The van der Waals surface area contributed by atoms with Gasteiger partial charge in [0, 0.05) is 19.2 Å². The molecule has 4 rings (SSSR count). The van der Waals surface area contributed by atoms with Crippen molar-refractivity contribution >= 4 is 11.9 Å². The molecule has 0 aromatic carbocycles. The Morgan fingerprint density at radius 2 is 1.51 bits per heavy atom. The van der Waals surface area contributed by atoms with E-state index in [1.54, 1.807) is 12.5 Å². The summed E-state index contributed by atoms with van der Waals surface area (Å²) in [5, 5.41) is 14.2. The van der Waals surface area contributed by atoms with Gasteiger partial charge in [-0.3, -0.25) is 9.80 Å². The van der Waals surface area contributed by atoms with Gasteiger partial charge in [0.2, 0.25) is 0 Å². The third-order valence-corrected chi connectivity index (χ3v) is 5.58. The van der Waals surface area contributed by atoms with E-state index in [9.17, 15) is 26.3 Å². The molecule has 3 atom stereocenters. The number of nitrogens with zero attached hydrogens (tertiary/aromatic N) is 2. The number of likely N-dealkylation sites (N-methyl/N-ethyl adjacent to an activating group) is 1. The number of hydrogen-bond donors (Lipinski definition) is 2. The van der Waals surface area contributed by atoms with E-state index in [-0.39, 0.29) is 6.10 Å². The van der Waals surface area contributed by atoms with Gasteiger partial charge < -0.3 is 23.8 Å². The van der Waals surface area contributed by atoms with Gasteiger partial charge in [0.05, 0.1) is 37.8 Å². The highest BCUT2D eigenvalue weighted by molar-refractivity contribution is 5.73. The average Bonchev–Trinajstić information content (AvgIpc) is 3.56. The predicted octanol–water partition coefficient (Wildman–Crippen LogP) is 4.00. The molecule has 9 nitrogen and oxygen atoms in total. The number of carboxylic acids is 2. The number of likely N-dealkylation sites (tertiary alicyclic amines) is 1. The van der Waals surface area contributed by atoms with Crippen molar-refractivity contribution in [3.8, 4) is 0 Å². The molecule has 0 radical (unpaired) electrons. The van der Waals surface area contributed by atoms with E-state index >= 15 is 0 Å². The summed E-state index contributed by atoms with van der Waals surface area (Å²) in [5.41, 5.74) is 0. The van der Waals surface area contributed by atoms with Gasteiger partial charge in [0.15, 0.2) is 0 Å². The molecule has 4 heterocycles. The molecule has 2 N–H and O–H groups in total. The van der Waals surface area contributed by atoms with Crippen LogP contribution in [0.5, 0.6) is 0 Å². The number of fused-ring (bicyclic) bond motifs is 1. The maximum absolute atomic E-state index is 10.6. The van der Waals surface area contributed by atoms with Crippen LogP contribution in [0.25, 0.3) is 0 Å². The molecule has 0 bridgehead atoms. The summed E-state index contributed by atoms with van der Waals surface area (Å²) >= 11 is 0. The van der Waals surface area contributed by atoms with Crippen LogP contribution in [-0.4, -0.2) is 82.7 Å². The highest BCUT2D eigenvalue weighted by atomic mass is 19.4. The minimum absolute atomic E-state index is 0.277. The molecule has 2 aliphatic rings. The number of rotatable bonds is 5. The fourth-order valence-corrected chi connectivity index (χ4v) is 3.96. The Balaban J connectivity index is 0.000000286. The van der Waals surface area contributed by atoms with Crippen LogP contribution in [0, 0.1) is 0 Å². The van der Waals surface area contributed by atoms with Gasteiger partial charge in [0.1, 0.15) is 11.5 Å². The first kappa shape index (κ1) is 30.2. The smallest absolute Gasteiger partial charge is 0.475 e. The van der Waals surface area contributed by atoms with Crippen LogP contribution in [0.1, 0.15) is 24.4 Å². The van der Waals surface area contributed by atoms with Crippen LogP contribution in [0.3, 0.4) is 0 Å². The van der Waals surface area contributed by atoms with Gasteiger partial charge >= 0.3 is 24.3 Å². The molecule has 208 valence electrons. The zero-order valence-electron chi connectivity index (χ0n) is 19.5. The van der Waals surface area contributed by atoms with Gasteiger partial charge in [-0.15, -0.1) is 0 Å². The minimum Gasteiger partial charge on any atom is -0.475 e. The van der Waals surface area contributed by atoms with Crippen LogP contribution < -0.4 is 0 Å². The van der Waals surface area contributed by atoms with E-state index in [4.69, 9.17) is 33.4 Å². The van der Waals surface area contributed by atoms with Crippen molar-refractivity contribution in [2.45, 2.75) is 56.5 Å². The number of halogens is 6. The predicted molar refractivity (Wildman–Crippen MR) is 113 cm³/mol. The number of hydrogen-bond acceptors (Lipinski definition) is 7. The van der Waals surface area contributed by atoms with E-state index < -0.39 is 24.3 Å². The lowest BCUT2D eigenvalue weighted by Gasteiger charge is -2.34. The Labute approximate surface area is 207 Å². The lowest BCUT2D eigenvalue weighted by Crippen LogP contribution is -2.46. The first-order valence-electron chi connectivity index (χ1n) is 10.9. The Hall–Kier alpha value is -3.04. The van der Waals surface area contributed by atoms with Crippen LogP contribution in [0.4, 0.5) is 26.3 Å². The summed E-state index contributed by atoms with van der Waals surface area (Å²) in [7, 11) is 2.17. The van der Waals surface area contributed by atoms with Crippen molar-refractivity contribution < 1.29 is 59.7 Å². The van der Waals surface area contributed by atoms with Crippen molar-refractivity contribution in [1.82, 2.24) is 9.80 Å². The van der Waals surface area contributed by atoms with E-state index in [1.165, 1.54) is 6.42 Å². The van der Waals surface area contributed by atoms with E-state index in [2.05, 4.69) is 22.9 Å². The first-order chi connectivity index (χ1) is 17.2. The highest BCUT2D eigenvalue weighted by Gasteiger charge is 2.45.